The Morgan fingerprint density at radius 3 is 2.09 bits per heavy atom. The van der Waals surface area contributed by atoms with Gasteiger partial charge in [-0.1, -0.05) is 0 Å². The summed E-state index contributed by atoms with van der Waals surface area (Å²) in [4.78, 5) is 38.4. The zero-order valence-electron chi connectivity index (χ0n) is 13.3. The van der Waals surface area contributed by atoms with Crippen molar-refractivity contribution < 1.29 is 23.9 Å². The summed E-state index contributed by atoms with van der Waals surface area (Å²) in [5.74, 6) is -0.164. The number of rotatable bonds is 4. The molecule has 2 rings (SSSR count). The average Bonchev–Trinajstić information content (AvgIpc) is 2.59. The molecule has 0 N–H and O–H groups in total. The number of carbonyl (C=O) groups excluding carboxylic acids is 3. The molecule has 2 amide bonds. The Labute approximate surface area is 134 Å². The van der Waals surface area contributed by atoms with Crippen molar-refractivity contribution in [1.29, 1.82) is 0 Å². The van der Waals surface area contributed by atoms with Crippen molar-refractivity contribution in [1.82, 2.24) is 9.80 Å². The predicted molar refractivity (Wildman–Crippen MR) is 82.1 cm³/mol. The van der Waals surface area contributed by atoms with E-state index in [9.17, 15) is 14.4 Å². The number of ether oxygens (including phenoxy) is 2. The van der Waals surface area contributed by atoms with Crippen molar-refractivity contribution >= 4 is 17.8 Å². The van der Waals surface area contributed by atoms with Crippen molar-refractivity contribution in [3.05, 3.63) is 29.8 Å². The van der Waals surface area contributed by atoms with Gasteiger partial charge in [-0.05, 0) is 24.3 Å². The molecule has 7 nitrogen and oxygen atoms in total. The molecule has 0 aliphatic carbocycles. The normalized spacial score (nSPS) is 14.3. The lowest BCUT2D eigenvalue weighted by Crippen LogP contribution is -2.51. The van der Waals surface area contributed by atoms with Gasteiger partial charge in [-0.25, -0.2) is 4.79 Å². The lowest BCUT2D eigenvalue weighted by atomic mass is 10.2. The maximum absolute atomic E-state index is 12.0. The van der Waals surface area contributed by atoms with Crippen LogP contribution in [0.5, 0.6) is 5.75 Å². The summed E-state index contributed by atoms with van der Waals surface area (Å²) in [7, 11) is 1.54. The number of piperazine rings is 1. The Balaban J connectivity index is 1.79. The number of hydrogen-bond acceptors (Lipinski definition) is 5. The van der Waals surface area contributed by atoms with Gasteiger partial charge < -0.3 is 19.3 Å². The van der Waals surface area contributed by atoms with E-state index in [1.54, 1.807) is 34.1 Å². The van der Waals surface area contributed by atoms with Crippen LogP contribution in [0.1, 0.15) is 17.3 Å². The number of carbonyl (C=O) groups is 3. The molecule has 0 unspecified atom stereocenters. The van der Waals surface area contributed by atoms with E-state index in [4.69, 9.17) is 9.47 Å². The van der Waals surface area contributed by atoms with E-state index < -0.39 is 5.97 Å². The van der Waals surface area contributed by atoms with Crippen molar-refractivity contribution in [2.24, 2.45) is 0 Å². The fourth-order valence-electron chi connectivity index (χ4n) is 2.30. The summed E-state index contributed by atoms with van der Waals surface area (Å²) in [6.07, 6.45) is 0. The topological polar surface area (TPSA) is 76.2 Å². The minimum absolute atomic E-state index is 0.00281. The highest BCUT2D eigenvalue weighted by molar-refractivity contribution is 5.91. The predicted octanol–water partition coefficient (Wildman–Crippen LogP) is 0.543. The molecule has 0 spiro atoms. The molecule has 0 atom stereocenters. The number of hydrogen-bond donors (Lipinski definition) is 0. The van der Waals surface area contributed by atoms with Crippen LogP contribution in [0.2, 0.25) is 0 Å². The molecule has 0 radical (unpaired) electrons. The van der Waals surface area contributed by atoms with Gasteiger partial charge in [0.25, 0.3) is 5.91 Å². The smallest absolute Gasteiger partial charge is 0.338 e. The molecule has 0 saturated carbocycles. The second-order valence-electron chi connectivity index (χ2n) is 5.19. The number of amides is 2. The third-order valence-corrected chi connectivity index (χ3v) is 3.73. The van der Waals surface area contributed by atoms with Crippen LogP contribution in [-0.2, 0) is 14.3 Å². The Hall–Kier alpha value is -2.57. The molecule has 0 aromatic heterocycles. The van der Waals surface area contributed by atoms with Crippen LogP contribution in [0.4, 0.5) is 0 Å². The summed E-state index contributed by atoms with van der Waals surface area (Å²) < 4.78 is 10.1. The number of methoxy groups -OCH3 is 1. The van der Waals surface area contributed by atoms with Crippen LogP contribution in [0.3, 0.4) is 0 Å². The summed E-state index contributed by atoms with van der Waals surface area (Å²) in [5, 5.41) is 0. The summed E-state index contributed by atoms with van der Waals surface area (Å²) in [6, 6.07) is 6.47. The van der Waals surface area contributed by atoms with E-state index in [-0.39, 0.29) is 18.4 Å². The molecule has 1 saturated heterocycles. The fourth-order valence-corrected chi connectivity index (χ4v) is 2.30. The second kappa shape index (κ2) is 7.62. The molecule has 1 fully saturated rings. The molecule has 1 aromatic rings. The number of benzene rings is 1. The van der Waals surface area contributed by atoms with Crippen LogP contribution < -0.4 is 4.74 Å². The van der Waals surface area contributed by atoms with Crippen LogP contribution in [0.25, 0.3) is 0 Å². The second-order valence-corrected chi connectivity index (χ2v) is 5.19. The molecule has 0 bridgehead atoms. The van der Waals surface area contributed by atoms with Gasteiger partial charge in [-0.2, -0.15) is 0 Å². The summed E-state index contributed by atoms with van der Waals surface area (Å²) >= 11 is 0. The zero-order chi connectivity index (χ0) is 16.8. The molecule has 7 heteroatoms. The van der Waals surface area contributed by atoms with Gasteiger partial charge in [0.2, 0.25) is 5.91 Å². The van der Waals surface area contributed by atoms with Crippen molar-refractivity contribution in [3.63, 3.8) is 0 Å². The Bertz CT molecular complexity index is 577. The first-order chi connectivity index (χ1) is 11.0. The van der Waals surface area contributed by atoms with Gasteiger partial charge in [0.05, 0.1) is 12.7 Å². The molecular formula is C16H20N2O5. The highest BCUT2D eigenvalue weighted by Crippen LogP contribution is 2.12. The van der Waals surface area contributed by atoms with Crippen LogP contribution in [0.15, 0.2) is 24.3 Å². The Kier molecular flexibility index (Phi) is 5.56. The van der Waals surface area contributed by atoms with Crippen molar-refractivity contribution in [3.8, 4) is 5.75 Å². The van der Waals surface area contributed by atoms with Crippen molar-refractivity contribution in [2.75, 3.05) is 39.9 Å². The molecule has 1 aliphatic rings. The molecule has 23 heavy (non-hydrogen) atoms. The van der Waals surface area contributed by atoms with Crippen LogP contribution in [0, 0.1) is 0 Å². The standard InChI is InChI=1S/C16H20N2O5/c1-12(19)17-7-9-18(10-8-17)15(20)11-23-16(21)13-3-5-14(22-2)6-4-13/h3-6H,7-11H2,1-2H3. The third kappa shape index (κ3) is 4.45. The third-order valence-electron chi connectivity index (χ3n) is 3.73. The maximum atomic E-state index is 12.0. The van der Waals surface area contributed by atoms with Gasteiger partial charge in [-0.15, -0.1) is 0 Å². The van der Waals surface area contributed by atoms with E-state index >= 15 is 0 Å². The van der Waals surface area contributed by atoms with Gasteiger partial charge in [0, 0.05) is 33.1 Å². The van der Waals surface area contributed by atoms with Gasteiger partial charge in [0.15, 0.2) is 6.61 Å². The molecule has 124 valence electrons. The molecule has 1 aromatic carbocycles. The van der Waals surface area contributed by atoms with Crippen LogP contribution in [-0.4, -0.2) is 67.5 Å². The average molecular weight is 320 g/mol. The quantitative estimate of drug-likeness (QED) is 0.757. The monoisotopic (exact) mass is 320 g/mol. The van der Waals surface area contributed by atoms with Gasteiger partial charge in [0.1, 0.15) is 5.75 Å². The first-order valence-corrected chi connectivity index (χ1v) is 7.35. The minimum Gasteiger partial charge on any atom is -0.497 e. The number of nitrogens with zero attached hydrogens (tertiary/aromatic N) is 2. The lowest BCUT2D eigenvalue weighted by Gasteiger charge is -2.34. The Morgan fingerprint density at radius 2 is 1.57 bits per heavy atom. The van der Waals surface area contributed by atoms with E-state index in [0.29, 0.717) is 37.5 Å². The maximum Gasteiger partial charge on any atom is 0.338 e. The molecular weight excluding hydrogens is 300 g/mol. The molecule has 1 heterocycles. The highest BCUT2D eigenvalue weighted by atomic mass is 16.5. The molecule has 1 aliphatic heterocycles. The lowest BCUT2D eigenvalue weighted by molar-refractivity contribution is -0.140. The summed E-state index contributed by atoms with van der Waals surface area (Å²) in [5.41, 5.74) is 0.361. The zero-order valence-corrected chi connectivity index (χ0v) is 13.3. The number of esters is 1. The van der Waals surface area contributed by atoms with Crippen LogP contribution >= 0.6 is 0 Å². The largest absolute Gasteiger partial charge is 0.497 e. The van der Waals surface area contributed by atoms with E-state index in [2.05, 4.69) is 0 Å². The first-order valence-electron chi connectivity index (χ1n) is 7.35. The van der Waals surface area contributed by atoms with E-state index in [1.165, 1.54) is 14.0 Å². The summed E-state index contributed by atoms with van der Waals surface area (Å²) in [6.45, 7) is 3.14. The fraction of sp³-hybridized carbons (Fsp3) is 0.438. The van der Waals surface area contributed by atoms with E-state index in [0.717, 1.165) is 0 Å². The van der Waals surface area contributed by atoms with Gasteiger partial charge >= 0.3 is 5.97 Å². The van der Waals surface area contributed by atoms with E-state index in [1.807, 2.05) is 0 Å². The van der Waals surface area contributed by atoms with Crippen molar-refractivity contribution in [2.45, 2.75) is 6.92 Å². The van der Waals surface area contributed by atoms with Gasteiger partial charge in [-0.3, -0.25) is 9.59 Å². The Morgan fingerprint density at radius 1 is 1.00 bits per heavy atom. The first kappa shape index (κ1) is 16.8. The highest BCUT2D eigenvalue weighted by Gasteiger charge is 2.23. The minimum atomic E-state index is -0.552. The SMILES string of the molecule is COc1ccc(C(=O)OCC(=O)N2CCN(C(C)=O)CC2)cc1.